The largest absolute Gasteiger partial charge is 0.348 e. The van der Waals surface area contributed by atoms with Crippen LogP contribution in [0, 0.1) is 0 Å². The lowest BCUT2D eigenvalue weighted by molar-refractivity contribution is -0.119. The highest BCUT2D eigenvalue weighted by atomic mass is 16.2. The number of likely N-dealkylation sites (N-methyl/N-ethyl adjacent to an activating group) is 1. The van der Waals surface area contributed by atoms with Gasteiger partial charge in [0.1, 0.15) is 0 Å². The summed E-state index contributed by atoms with van der Waals surface area (Å²) in [7, 11) is 3.73. The molecule has 0 aliphatic carbocycles. The van der Waals surface area contributed by atoms with E-state index in [0.29, 0.717) is 0 Å². The third-order valence-electron chi connectivity index (χ3n) is 2.96. The van der Waals surface area contributed by atoms with Gasteiger partial charge in [0, 0.05) is 31.2 Å². The summed E-state index contributed by atoms with van der Waals surface area (Å²) in [5, 5.41) is 1.06. The van der Waals surface area contributed by atoms with Gasteiger partial charge in [-0.25, -0.2) is 0 Å². The van der Waals surface area contributed by atoms with Gasteiger partial charge in [-0.15, -0.1) is 0 Å². The van der Waals surface area contributed by atoms with Crippen molar-refractivity contribution in [1.29, 1.82) is 0 Å². The number of benzene rings is 1. The molecule has 90 valence electrons. The van der Waals surface area contributed by atoms with Crippen molar-refractivity contribution in [2.75, 3.05) is 11.9 Å². The highest BCUT2D eigenvalue weighted by Crippen LogP contribution is 2.27. The number of anilines is 1. The molecule has 0 bridgehead atoms. The maximum atomic E-state index is 11.9. The number of hydrogen-bond acceptors (Lipinski definition) is 2. The van der Waals surface area contributed by atoms with E-state index < -0.39 is 6.04 Å². The molecule has 1 unspecified atom stereocenters. The first-order chi connectivity index (χ1) is 8.02. The van der Waals surface area contributed by atoms with Gasteiger partial charge in [0.25, 0.3) is 0 Å². The van der Waals surface area contributed by atoms with Crippen molar-refractivity contribution in [1.82, 2.24) is 4.57 Å². The highest BCUT2D eigenvalue weighted by Gasteiger charge is 2.18. The summed E-state index contributed by atoms with van der Waals surface area (Å²) in [6, 6.07) is 7.51. The quantitative estimate of drug-likeness (QED) is 0.851. The van der Waals surface area contributed by atoms with Crippen LogP contribution in [0.1, 0.15) is 6.92 Å². The number of aryl methyl sites for hydroxylation is 1. The lowest BCUT2D eigenvalue weighted by atomic mass is 10.2. The standard InChI is InChI=1S/C13H17N3O/c1-9(14)13(17)16(3)12-8-15(2)11-7-5-4-6-10(11)12/h4-9H,14H2,1-3H3. The monoisotopic (exact) mass is 231 g/mol. The topological polar surface area (TPSA) is 51.3 Å². The molecule has 0 fully saturated rings. The number of fused-ring (bicyclic) bond motifs is 1. The predicted molar refractivity (Wildman–Crippen MR) is 70.0 cm³/mol. The molecule has 17 heavy (non-hydrogen) atoms. The van der Waals surface area contributed by atoms with Crippen molar-refractivity contribution in [2.45, 2.75) is 13.0 Å². The summed E-state index contributed by atoms with van der Waals surface area (Å²) in [5.74, 6) is -0.0821. The Morgan fingerprint density at radius 1 is 1.41 bits per heavy atom. The van der Waals surface area contributed by atoms with E-state index in [2.05, 4.69) is 0 Å². The van der Waals surface area contributed by atoms with Crippen molar-refractivity contribution in [3.63, 3.8) is 0 Å². The van der Waals surface area contributed by atoms with Crippen molar-refractivity contribution in [3.05, 3.63) is 30.5 Å². The maximum absolute atomic E-state index is 11.9. The van der Waals surface area contributed by atoms with Crippen LogP contribution in [0.15, 0.2) is 30.5 Å². The smallest absolute Gasteiger partial charge is 0.243 e. The first kappa shape index (κ1) is 11.7. The maximum Gasteiger partial charge on any atom is 0.243 e. The molecule has 2 aromatic rings. The van der Waals surface area contributed by atoms with Crippen LogP contribution in [0.25, 0.3) is 10.9 Å². The summed E-state index contributed by atoms with van der Waals surface area (Å²) in [6.45, 7) is 1.70. The second kappa shape index (κ2) is 4.22. The Labute approximate surface area is 101 Å². The SMILES string of the molecule is CC(N)C(=O)N(C)c1cn(C)c2ccccc12. The molecule has 1 heterocycles. The van der Waals surface area contributed by atoms with Crippen molar-refractivity contribution in [2.24, 2.45) is 12.8 Å². The van der Waals surface area contributed by atoms with Crippen LogP contribution in [-0.4, -0.2) is 23.6 Å². The van der Waals surface area contributed by atoms with Crippen molar-refractivity contribution >= 4 is 22.5 Å². The van der Waals surface area contributed by atoms with Crippen molar-refractivity contribution < 1.29 is 4.79 Å². The third kappa shape index (κ3) is 1.91. The summed E-state index contributed by atoms with van der Waals surface area (Å²) >= 11 is 0. The fourth-order valence-electron chi connectivity index (χ4n) is 2.01. The minimum absolute atomic E-state index is 0.0821. The lowest BCUT2D eigenvalue weighted by Crippen LogP contribution is -2.39. The molecule has 4 nitrogen and oxygen atoms in total. The number of rotatable bonds is 2. The Bertz CT molecular complexity index is 557. The van der Waals surface area contributed by atoms with Gasteiger partial charge in [0.15, 0.2) is 0 Å². The van der Waals surface area contributed by atoms with E-state index in [4.69, 9.17) is 5.73 Å². The third-order valence-corrected chi connectivity index (χ3v) is 2.96. The van der Waals surface area contributed by atoms with Crippen LogP contribution in [-0.2, 0) is 11.8 Å². The van der Waals surface area contributed by atoms with Gasteiger partial charge in [0.05, 0.1) is 11.7 Å². The molecule has 2 rings (SSSR count). The Hall–Kier alpha value is -1.81. The zero-order valence-corrected chi connectivity index (χ0v) is 10.3. The number of hydrogen-bond donors (Lipinski definition) is 1. The number of aromatic nitrogens is 1. The molecule has 2 N–H and O–H groups in total. The van der Waals surface area contributed by atoms with E-state index in [1.807, 2.05) is 42.1 Å². The first-order valence-corrected chi connectivity index (χ1v) is 5.59. The molecule has 0 saturated heterocycles. The lowest BCUT2D eigenvalue weighted by Gasteiger charge is -2.18. The molecule has 4 heteroatoms. The zero-order valence-electron chi connectivity index (χ0n) is 10.3. The Kier molecular flexibility index (Phi) is 2.90. The molecule has 0 spiro atoms. The first-order valence-electron chi connectivity index (χ1n) is 5.59. The molecular weight excluding hydrogens is 214 g/mol. The molecule has 1 aromatic carbocycles. The van der Waals surface area contributed by atoms with Crippen LogP contribution in [0.4, 0.5) is 5.69 Å². The predicted octanol–water partition coefficient (Wildman–Crippen LogP) is 1.49. The van der Waals surface area contributed by atoms with E-state index in [1.54, 1.807) is 18.9 Å². The molecule has 1 aromatic heterocycles. The van der Waals surface area contributed by atoms with E-state index in [0.717, 1.165) is 16.6 Å². The fourth-order valence-corrected chi connectivity index (χ4v) is 2.01. The van der Waals surface area contributed by atoms with Crippen LogP contribution >= 0.6 is 0 Å². The summed E-state index contributed by atoms with van der Waals surface area (Å²) in [5.41, 5.74) is 7.62. The number of nitrogens with zero attached hydrogens (tertiary/aromatic N) is 2. The highest BCUT2D eigenvalue weighted by molar-refractivity contribution is 6.04. The van der Waals surface area contributed by atoms with E-state index >= 15 is 0 Å². The minimum Gasteiger partial charge on any atom is -0.348 e. The summed E-state index contributed by atoms with van der Waals surface area (Å²) in [6.07, 6.45) is 1.95. The molecule has 1 atom stereocenters. The van der Waals surface area contributed by atoms with Gasteiger partial charge in [-0.1, -0.05) is 18.2 Å². The van der Waals surface area contributed by atoms with E-state index in [-0.39, 0.29) is 5.91 Å². The number of carbonyl (C=O) groups is 1. The minimum atomic E-state index is -0.487. The number of para-hydroxylation sites is 1. The average Bonchev–Trinajstić information content (AvgIpc) is 2.65. The summed E-state index contributed by atoms with van der Waals surface area (Å²) in [4.78, 5) is 13.5. The van der Waals surface area contributed by atoms with Gasteiger partial charge in [-0.2, -0.15) is 0 Å². The number of amides is 1. The molecular formula is C13H17N3O. The van der Waals surface area contributed by atoms with Crippen LogP contribution in [0.3, 0.4) is 0 Å². The Morgan fingerprint density at radius 2 is 2.06 bits per heavy atom. The van der Waals surface area contributed by atoms with Gasteiger partial charge in [-0.3, -0.25) is 4.79 Å². The second-order valence-corrected chi connectivity index (χ2v) is 4.33. The van der Waals surface area contributed by atoms with Gasteiger partial charge in [0.2, 0.25) is 5.91 Å². The fraction of sp³-hybridized carbons (Fsp3) is 0.308. The second-order valence-electron chi connectivity index (χ2n) is 4.33. The van der Waals surface area contributed by atoms with Crippen LogP contribution < -0.4 is 10.6 Å². The van der Waals surface area contributed by atoms with E-state index in [9.17, 15) is 4.79 Å². The average molecular weight is 231 g/mol. The van der Waals surface area contributed by atoms with Crippen LogP contribution in [0.5, 0.6) is 0 Å². The molecule has 0 radical (unpaired) electrons. The number of nitrogens with two attached hydrogens (primary N) is 1. The van der Waals surface area contributed by atoms with Gasteiger partial charge < -0.3 is 15.2 Å². The molecule has 0 aliphatic heterocycles. The normalized spacial score (nSPS) is 12.7. The van der Waals surface area contributed by atoms with Gasteiger partial charge in [-0.05, 0) is 13.0 Å². The van der Waals surface area contributed by atoms with Crippen molar-refractivity contribution in [3.8, 4) is 0 Å². The Balaban J connectivity index is 2.53. The van der Waals surface area contributed by atoms with Gasteiger partial charge >= 0.3 is 0 Å². The summed E-state index contributed by atoms with van der Waals surface area (Å²) < 4.78 is 2.01. The molecule has 0 aliphatic rings. The molecule has 0 saturated carbocycles. The Morgan fingerprint density at radius 3 is 2.71 bits per heavy atom. The number of carbonyl (C=O) groups excluding carboxylic acids is 1. The molecule has 1 amide bonds. The van der Waals surface area contributed by atoms with E-state index in [1.165, 1.54) is 0 Å². The zero-order chi connectivity index (χ0) is 12.6. The van der Waals surface area contributed by atoms with Crippen LogP contribution in [0.2, 0.25) is 0 Å².